The van der Waals surface area contributed by atoms with E-state index in [0.717, 1.165) is 24.5 Å². The molecule has 0 bridgehead atoms. The molecule has 1 N–H and O–H groups in total. The molecule has 0 radical (unpaired) electrons. The molecule has 32 heavy (non-hydrogen) atoms. The Morgan fingerprint density at radius 1 is 1.19 bits per heavy atom. The van der Waals surface area contributed by atoms with E-state index in [1.54, 1.807) is 12.4 Å². The monoisotopic (exact) mass is 441 g/mol. The second-order valence-corrected chi connectivity index (χ2v) is 7.94. The van der Waals surface area contributed by atoms with Crippen molar-refractivity contribution in [3.63, 3.8) is 0 Å². The van der Waals surface area contributed by atoms with Crippen LogP contribution < -0.4 is 5.32 Å². The first-order valence-corrected chi connectivity index (χ1v) is 10.8. The van der Waals surface area contributed by atoms with Crippen LogP contribution in [-0.2, 0) is 11.3 Å². The minimum Gasteiger partial charge on any atom is -0.356 e. The molecular weight excluding hydrogens is 416 g/mol. The van der Waals surface area contributed by atoms with E-state index < -0.39 is 11.6 Å². The van der Waals surface area contributed by atoms with Gasteiger partial charge in [0.2, 0.25) is 17.6 Å². The maximum atomic E-state index is 14.1. The molecule has 1 saturated heterocycles. The van der Waals surface area contributed by atoms with Gasteiger partial charge < -0.3 is 9.84 Å². The summed E-state index contributed by atoms with van der Waals surface area (Å²) in [6.45, 7) is 2.00. The van der Waals surface area contributed by atoms with Gasteiger partial charge in [-0.3, -0.25) is 14.7 Å². The second kappa shape index (κ2) is 10.4. The number of amides is 1. The van der Waals surface area contributed by atoms with Gasteiger partial charge >= 0.3 is 0 Å². The van der Waals surface area contributed by atoms with Crippen LogP contribution in [0, 0.1) is 11.6 Å². The molecular formula is C23H25F2N5O2. The number of halogens is 2. The lowest BCUT2D eigenvalue weighted by atomic mass is 9.99. The van der Waals surface area contributed by atoms with E-state index in [0.29, 0.717) is 56.3 Å². The van der Waals surface area contributed by atoms with Gasteiger partial charge in [-0.2, -0.15) is 4.98 Å². The summed E-state index contributed by atoms with van der Waals surface area (Å²) in [4.78, 5) is 22.9. The minimum absolute atomic E-state index is 0.00395. The van der Waals surface area contributed by atoms with Gasteiger partial charge in [0.25, 0.3) is 0 Å². The third-order valence-electron chi connectivity index (χ3n) is 5.62. The molecule has 1 fully saturated rings. The SMILES string of the molecule is O=C1CCN(Cc2ccc(F)cc2F)CCCC(c2nc(-c3cccnc3)no2)CCN1. The summed E-state index contributed by atoms with van der Waals surface area (Å²) in [6, 6.07) is 7.28. The number of hydrogen-bond acceptors (Lipinski definition) is 6. The van der Waals surface area contributed by atoms with Crippen molar-refractivity contribution in [2.24, 2.45) is 0 Å². The van der Waals surface area contributed by atoms with Gasteiger partial charge in [0.15, 0.2) is 0 Å². The zero-order chi connectivity index (χ0) is 22.3. The first kappa shape index (κ1) is 22.0. The van der Waals surface area contributed by atoms with Crippen LogP contribution in [-0.4, -0.2) is 45.6 Å². The molecule has 1 aliphatic rings. The largest absolute Gasteiger partial charge is 0.356 e. The highest BCUT2D eigenvalue weighted by molar-refractivity contribution is 5.76. The number of carbonyl (C=O) groups excluding carboxylic acids is 1. The van der Waals surface area contributed by atoms with Crippen molar-refractivity contribution >= 4 is 5.91 Å². The normalized spacial score (nSPS) is 18.7. The number of aromatic nitrogens is 3. The number of carbonyl (C=O) groups is 1. The van der Waals surface area contributed by atoms with Crippen LogP contribution in [0.25, 0.3) is 11.4 Å². The molecule has 1 unspecified atom stereocenters. The van der Waals surface area contributed by atoms with E-state index in [4.69, 9.17) is 4.52 Å². The highest BCUT2D eigenvalue weighted by Crippen LogP contribution is 2.26. The molecule has 3 heterocycles. The molecule has 1 aromatic carbocycles. The fourth-order valence-corrected chi connectivity index (χ4v) is 3.86. The molecule has 1 atom stereocenters. The van der Waals surface area contributed by atoms with Gasteiger partial charge in [0.1, 0.15) is 11.6 Å². The average Bonchev–Trinajstić information content (AvgIpc) is 3.27. The van der Waals surface area contributed by atoms with E-state index in [9.17, 15) is 13.6 Å². The zero-order valence-corrected chi connectivity index (χ0v) is 17.6. The number of hydrogen-bond donors (Lipinski definition) is 1. The molecule has 3 aromatic rings. The van der Waals surface area contributed by atoms with E-state index >= 15 is 0 Å². The Morgan fingerprint density at radius 2 is 2.09 bits per heavy atom. The third kappa shape index (κ3) is 5.73. The van der Waals surface area contributed by atoms with Gasteiger partial charge in [-0.1, -0.05) is 11.2 Å². The Bertz CT molecular complexity index is 1040. The predicted octanol–water partition coefficient (Wildman–Crippen LogP) is 3.69. The van der Waals surface area contributed by atoms with Crippen molar-refractivity contribution in [2.45, 2.75) is 38.1 Å². The first-order chi connectivity index (χ1) is 15.6. The van der Waals surface area contributed by atoms with Crippen LogP contribution in [0.1, 0.15) is 43.1 Å². The van der Waals surface area contributed by atoms with Crippen LogP contribution >= 0.6 is 0 Å². The number of pyridine rings is 1. The average molecular weight is 441 g/mol. The summed E-state index contributed by atoms with van der Waals surface area (Å²) < 4.78 is 32.9. The highest BCUT2D eigenvalue weighted by atomic mass is 19.1. The Labute approximate surface area is 184 Å². The van der Waals surface area contributed by atoms with Crippen molar-refractivity contribution in [3.8, 4) is 11.4 Å². The number of nitrogens with zero attached hydrogens (tertiary/aromatic N) is 4. The van der Waals surface area contributed by atoms with E-state index in [2.05, 4.69) is 20.4 Å². The van der Waals surface area contributed by atoms with Crippen LogP contribution in [0.5, 0.6) is 0 Å². The van der Waals surface area contributed by atoms with E-state index in [1.807, 2.05) is 17.0 Å². The van der Waals surface area contributed by atoms with Gasteiger partial charge in [0, 0.05) is 61.6 Å². The number of nitrogens with one attached hydrogen (secondary N) is 1. The van der Waals surface area contributed by atoms with E-state index in [-0.39, 0.29) is 11.8 Å². The summed E-state index contributed by atoms with van der Waals surface area (Å²) in [7, 11) is 0. The predicted molar refractivity (Wildman–Crippen MR) is 113 cm³/mol. The molecule has 1 amide bonds. The van der Waals surface area contributed by atoms with Crippen LogP contribution in [0.2, 0.25) is 0 Å². The lowest BCUT2D eigenvalue weighted by molar-refractivity contribution is -0.121. The quantitative estimate of drug-likeness (QED) is 0.665. The standard InChI is InChI=1S/C23H25F2N5O2/c24-19-6-5-18(20(25)13-19)15-30-11-2-4-16(7-10-27-21(31)8-12-30)23-28-22(29-32-23)17-3-1-9-26-14-17/h1,3,5-6,9,13-14,16H,2,4,7-8,10-12,15H2,(H,27,31). The fourth-order valence-electron chi connectivity index (χ4n) is 3.86. The lowest BCUT2D eigenvalue weighted by Gasteiger charge is -2.22. The van der Waals surface area contributed by atoms with Crippen LogP contribution in [0.4, 0.5) is 8.78 Å². The summed E-state index contributed by atoms with van der Waals surface area (Å²) in [5, 5.41) is 7.01. The molecule has 0 spiro atoms. The summed E-state index contributed by atoms with van der Waals surface area (Å²) >= 11 is 0. The maximum absolute atomic E-state index is 14.1. The molecule has 168 valence electrons. The van der Waals surface area contributed by atoms with Crippen LogP contribution in [0.3, 0.4) is 0 Å². The Morgan fingerprint density at radius 3 is 2.91 bits per heavy atom. The van der Waals surface area contributed by atoms with Gasteiger partial charge in [0.05, 0.1) is 0 Å². The van der Waals surface area contributed by atoms with E-state index in [1.165, 1.54) is 12.1 Å². The van der Waals surface area contributed by atoms with Crippen molar-refractivity contribution in [3.05, 3.63) is 65.8 Å². The third-order valence-corrected chi connectivity index (χ3v) is 5.62. The molecule has 0 aliphatic carbocycles. The zero-order valence-electron chi connectivity index (χ0n) is 17.6. The fraction of sp³-hybridized carbons (Fsp3) is 0.391. The Hall–Kier alpha value is -3.20. The van der Waals surface area contributed by atoms with Gasteiger partial charge in [-0.15, -0.1) is 0 Å². The Kier molecular flexibility index (Phi) is 7.16. The van der Waals surface area contributed by atoms with Crippen molar-refractivity contribution in [1.82, 2.24) is 25.3 Å². The smallest absolute Gasteiger partial charge is 0.230 e. The lowest BCUT2D eigenvalue weighted by Crippen LogP contribution is -2.31. The van der Waals surface area contributed by atoms with Crippen LogP contribution in [0.15, 0.2) is 47.2 Å². The molecule has 9 heteroatoms. The Balaban J connectivity index is 1.45. The molecule has 7 nitrogen and oxygen atoms in total. The topological polar surface area (TPSA) is 84.2 Å². The molecule has 2 aromatic heterocycles. The van der Waals surface area contributed by atoms with Gasteiger partial charge in [-0.05, 0) is 44.0 Å². The molecule has 0 saturated carbocycles. The van der Waals surface area contributed by atoms with Crippen molar-refractivity contribution in [2.75, 3.05) is 19.6 Å². The van der Waals surface area contributed by atoms with Crippen molar-refractivity contribution < 1.29 is 18.1 Å². The summed E-state index contributed by atoms with van der Waals surface area (Å²) in [6.07, 6.45) is 5.96. The second-order valence-electron chi connectivity index (χ2n) is 7.94. The first-order valence-electron chi connectivity index (χ1n) is 10.8. The number of rotatable bonds is 4. The molecule has 1 aliphatic heterocycles. The maximum Gasteiger partial charge on any atom is 0.230 e. The van der Waals surface area contributed by atoms with Gasteiger partial charge in [-0.25, -0.2) is 8.78 Å². The summed E-state index contributed by atoms with van der Waals surface area (Å²) in [5.41, 5.74) is 1.19. The minimum atomic E-state index is -0.601. The number of benzene rings is 1. The highest BCUT2D eigenvalue weighted by Gasteiger charge is 2.22. The molecule has 4 rings (SSSR count). The van der Waals surface area contributed by atoms with Crippen molar-refractivity contribution in [1.29, 1.82) is 0 Å². The summed E-state index contributed by atoms with van der Waals surface area (Å²) in [5.74, 6) is -0.215.